The van der Waals surface area contributed by atoms with Crippen LogP contribution in [0.2, 0.25) is 5.02 Å². The van der Waals surface area contributed by atoms with Gasteiger partial charge in [0.1, 0.15) is 12.2 Å². The van der Waals surface area contributed by atoms with Gasteiger partial charge in [-0.15, -0.1) is 0 Å². The molecular formula is C10H9ClO3. The first-order valence-electron chi connectivity index (χ1n) is 4.06. The number of carboxylic acids is 1. The van der Waals surface area contributed by atoms with Crippen LogP contribution in [0.1, 0.15) is 12.0 Å². The Morgan fingerprint density at radius 1 is 1.21 bits per heavy atom. The number of rotatable bonds is 4. The highest BCUT2D eigenvalue weighted by Gasteiger charge is 2.08. The summed E-state index contributed by atoms with van der Waals surface area (Å²) in [7, 11) is 0. The fraction of sp³-hybridized carbons (Fsp3) is 0.200. The van der Waals surface area contributed by atoms with Crippen LogP contribution in [0, 0.1) is 0 Å². The number of aliphatic carboxylic acids is 1. The number of benzene rings is 1. The summed E-state index contributed by atoms with van der Waals surface area (Å²) in [5.41, 5.74) is 0.778. The first-order chi connectivity index (χ1) is 6.58. The molecule has 0 aliphatic carbocycles. The highest BCUT2D eigenvalue weighted by molar-refractivity contribution is 6.30. The fourth-order valence-electron chi connectivity index (χ4n) is 1.06. The maximum atomic E-state index is 11.1. The van der Waals surface area contributed by atoms with E-state index in [1.165, 1.54) is 0 Å². The third-order valence-electron chi connectivity index (χ3n) is 1.66. The van der Waals surface area contributed by atoms with Gasteiger partial charge in [-0.05, 0) is 17.7 Å². The Bertz CT molecular complexity index is 343. The first kappa shape index (κ1) is 10.7. The minimum Gasteiger partial charge on any atom is -0.481 e. The summed E-state index contributed by atoms with van der Waals surface area (Å²) in [5, 5.41) is 8.96. The maximum absolute atomic E-state index is 11.1. The first-order valence-corrected chi connectivity index (χ1v) is 4.43. The van der Waals surface area contributed by atoms with E-state index >= 15 is 0 Å². The molecule has 1 rings (SSSR count). The molecule has 0 unspecified atom stereocenters. The Labute approximate surface area is 86.3 Å². The summed E-state index contributed by atoms with van der Waals surface area (Å²) in [6.07, 6.45) is -0.286. The second-order valence-electron chi connectivity index (χ2n) is 2.91. The topological polar surface area (TPSA) is 54.4 Å². The van der Waals surface area contributed by atoms with E-state index in [4.69, 9.17) is 16.7 Å². The lowest BCUT2D eigenvalue weighted by Crippen LogP contribution is -2.09. The molecule has 0 saturated carbocycles. The normalized spacial score (nSPS) is 9.79. The van der Waals surface area contributed by atoms with Gasteiger partial charge in [-0.2, -0.15) is 0 Å². The van der Waals surface area contributed by atoms with E-state index in [1.807, 2.05) is 0 Å². The molecule has 1 aromatic rings. The molecular weight excluding hydrogens is 204 g/mol. The highest BCUT2D eigenvalue weighted by atomic mass is 35.5. The zero-order valence-electron chi connectivity index (χ0n) is 7.37. The summed E-state index contributed by atoms with van der Waals surface area (Å²) in [6.45, 7) is 0. The van der Waals surface area contributed by atoms with E-state index in [0.717, 1.165) is 5.56 Å². The van der Waals surface area contributed by atoms with Gasteiger partial charge in [0.15, 0.2) is 0 Å². The van der Waals surface area contributed by atoms with Crippen LogP contribution < -0.4 is 0 Å². The van der Waals surface area contributed by atoms with Crippen LogP contribution >= 0.6 is 11.6 Å². The number of halogens is 1. The van der Waals surface area contributed by atoms with Crippen molar-refractivity contribution in [2.45, 2.75) is 12.8 Å². The lowest BCUT2D eigenvalue weighted by atomic mass is 10.1. The Morgan fingerprint density at radius 3 is 2.29 bits per heavy atom. The molecule has 1 aromatic carbocycles. The Morgan fingerprint density at radius 2 is 1.79 bits per heavy atom. The second kappa shape index (κ2) is 4.77. The molecule has 0 spiro atoms. The molecule has 0 aromatic heterocycles. The van der Waals surface area contributed by atoms with E-state index < -0.39 is 12.4 Å². The summed E-state index contributed by atoms with van der Waals surface area (Å²) in [4.78, 5) is 21.3. The number of ketones is 1. The third kappa shape index (κ3) is 3.58. The van der Waals surface area contributed by atoms with Crippen LogP contribution in [0.5, 0.6) is 0 Å². The number of carboxylic acid groups (broad SMARTS) is 1. The number of Topliss-reactive ketones (excluding diaryl/α,β-unsaturated/α-hetero) is 1. The van der Waals surface area contributed by atoms with Gasteiger partial charge < -0.3 is 5.11 Å². The van der Waals surface area contributed by atoms with Crippen molar-refractivity contribution in [2.24, 2.45) is 0 Å². The van der Waals surface area contributed by atoms with Crippen LogP contribution in [0.3, 0.4) is 0 Å². The van der Waals surface area contributed by atoms with Gasteiger partial charge in [0, 0.05) is 11.4 Å². The highest BCUT2D eigenvalue weighted by Crippen LogP contribution is 2.10. The van der Waals surface area contributed by atoms with Gasteiger partial charge in [0.25, 0.3) is 0 Å². The van der Waals surface area contributed by atoms with E-state index in [9.17, 15) is 9.59 Å². The lowest BCUT2D eigenvalue weighted by molar-refractivity contribution is -0.140. The van der Waals surface area contributed by atoms with Crippen molar-refractivity contribution in [1.82, 2.24) is 0 Å². The molecule has 74 valence electrons. The molecule has 0 fully saturated rings. The van der Waals surface area contributed by atoms with Gasteiger partial charge in [-0.25, -0.2) is 0 Å². The van der Waals surface area contributed by atoms with Crippen molar-refractivity contribution < 1.29 is 14.7 Å². The van der Waals surface area contributed by atoms with Crippen LogP contribution in [-0.4, -0.2) is 16.9 Å². The van der Waals surface area contributed by atoms with Crippen molar-refractivity contribution >= 4 is 23.4 Å². The molecule has 1 N–H and O–H groups in total. The van der Waals surface area contributed by atoms with E-state index in [1.54, 1.807) is 24.3 Å². The SMILES string of the molecule is O=C(O)CC(=O)Cc1ccc(Cl)cc1. The number of hydrogen-bond acceptors (Lipinski definition) is 2. The van der Waals surface area contributed by atoms with Crippen LogP contribution in [-0.2, 0) is 16.0 Å². The third-order valence-corrected chi connectivity index (χ3v) is 1.91. The van der Waals surface area contributed by atoms with Crippen molar-refractivity contribution in [3.05, 3.63) is 34.9 Å². The summed E-state index contributed by atoms with van der Waals surface area (Å²) in [5.74, 6) is -1.40. The molecule has 0 radical (unpaired) electrons. The van der Waals surface area contributed by atoms with Gasteiger partial charge in [0.2, 0.25) is 0 Å². The molecule has 0 bridgehead atoms. The van der Waals surface area contributed by atoms with Gasteiger partial charge in [-0.1, -0.05) is 23.7 Å². The van der Waals surface area contributed by atoms with Crippen LogP contribution in [0.15, 0.2) is 24.3 Å². The van der Waals surface area contributed by atoms with Crippen molar-refractivity contribution in [3.8, 4) is 0 Å². The zero-order valence-corrected chi connectivity index (χ0v) is 8.12. The summed E-state index contributed by atoms with van der Waals surface area (Å²) >= 11 is 5.65. The van der Waals surface area contributed by atoms with Crippen molar-refractivity contribution in [2.75, 3.05) is 0 Å². The molecule has 0 heterocycles. The monoisotopic (exact) mass is 212 g/mol. The van der Waals surface area contributed by atoms with Gasteiger partial charge in [0.05, 0.1) is 0 Å². The van der Waals surface area contributed by atoms with E-state index in [-0.39, 0.29) is 12.2 Å². The second-order valence-corrected chi connectivity index (χ2v) is 3.35. The Hall–Kier alpha value is -1.35. The van der Waals surface area contributed by atoms with Crippen LogP contribution in [0.25, 0.3) is 0 Å². The lowest BCUT2D eigenvalue weighted by Gasteiger charge is -1.98. The molecule has 0 saturated heterocycles. The van der Waals surface area contributed by atoms with E-state index in [0.29, 0.717) is 5.02 Å². The van der Waals surface area contributed by atoms with E-state index in [2.05, 4.69) is 0 Å². The predicted octanol–water partition coefficient (Wildman–Crippen LogP) is 1.93. The Kier molecular flexibility index (Phi) is 3.65. The molecule has 4 heteroatoms. The average molecular weight is 213 g/mol. The number of carbonyl (C=O) groups excluding carboxylic acids is 1. The van der Waals surface area contributed by atoms with Crippen molar-refractivity contribution in [1.29, 1.82) is 0 Å². The molecule has 0 aliphatic rings. The van der Waals surface area contributed by atoms with Crippen molar-refractivity contribution in [3.63, 3.8) is 0 Å². The van der Waals surface area contributed by atoms with Gasteiger partial charge >= 0.3 is 5.97 Å². The molecule has 0 atom stereocenters. The molecule has 0 aliphatic heterocycles. The maximum Gasteiger partial charge on any atom is 0.310 e. The minimum absolute atomic E-state index is 0.142. The fourth-order valence-corrected chi connectivity index (χ4v) is 1.19. The quantitative estimate of drug-likeness (QED) is 0.776. The largest absolute Gasteiger partial charge is 0.481 e. The number of carbonyl (C=O) groups is 2. The molecule has 0 amide bonds. The number of hydrogen-bond donors (Lipinski definition) is 1. The molecule has 3 nitrogen and oxygen atoms in total. The predicted molar refractivity (Wildman–Crippen MR) is 52.4 cm³/mol. The summed E-state index contributed by atoms with van der Waals surface area (Å²) < 4.78 is 0. The Balaban J connectivity index is 2.56. The minimum atomic E-state index is -1.09. The zero-order chi connectivity index (χ0) is 10.6. The summed E-state index contributed by atoms with van der Waals surface area (Å²) in [6, 6.07) is 6.76. The average Bonchev–Trinajstić information content (AvgIpc) is 2.07. The van der Waals surface area contributed by atoms with Crippen LogP contribution in [0.4, 0.5) is 0 Å². The van der Waals surface area contributed by atoms with Gasteiger partial charge in [-0.3, -0.25) is 9.59 Å². The standard InChI is InChI=1S/C10H9ClO3/c11-8-3-1-7(2-4-8)5-9(12)6-10(13)14/h1-4H,5-6H2,(H,13,14). The molecule has 14 heavy (non-hydrogen) atoms. The smallest absolute Gasteiger partial charge is 0.310 e.